The third-order valence-electron chi connectivity index (χ3n) is 2.80. The van der Waals surface area contributed by atoms with Crippen molar-refractivity contribution in [3.63, 3.8) is 0 Å². The molecule has 0 aliphatic heterocycles. The summed E-state index contributed by atoms with van der Waals surface area (Å²) < 4.78 is 11.0. The third kappa shape index (κ3) is 3.51. The molecule has 0 radical (unpaired) electrons. The summed E-state index contributed by atoms with van der Waals surface area (Å²) in [7, 11) is 1.59. The van der Waals surface area contributed by atoms with Gasteiger partial charge >= 0.3 is 0 Å². The summed E-state index contributed by atoms with van der Waals surface area (Å²) >= 11 is 17.9. The Kier molecular flexibility index (Phi) is 5.41. The minimum Gasteiger partial charge on any atom is -0.493 e. The summed E-state index contributed by atoms with van der Waals surface area (Å²) in [6, 6.07) is 11.0. The molecule has 5 heteroatoms. The van der Waals surface area contributed by atoms with Crippen LogP contribution >= 0.6 is 34.8 Å². The van der Waals surface area contributed by atoms with Gasteiger partial charge in [0.25, 0.3) is 0 Å². The van der Waals surface area contributed by atoms with Crippen molar-refractivity contribution in [3.8, 4) is 11.5 Å². The van der Waals surface area contributed by atoms with Gasteiger partial charge in [0.15, 0.2) is 11.5 Å². The fourth-order valence-corrected chi connectivity index (χ4v) is 2.27. The molecule has 2 aromatic carbocycles. The van der Waals surface area contributed by atoms with E-state index in [1.807, 2.05) is 30.3 Å². The summed E-state index contributed by atoms with van der Waals surface area (Å²) in [6.07, 6.45) is 0. The van der Waals surface area contributed by atoms with Gasteiger partial charge in [-0.2, -0.15) is 0 Å². The molecular weight excluding hydrogens is 319 g/mol. The van der Waals surface area contributed by atoms with E-state index in [-0.39, 0.29) is 0 Å². The molecule has 0 N–H and O–H groups in total. The Balaban J connectivity index is 2.16. The Morgan fingerprint density at radius 1 is 1.05 bits per heavy atom. The molecule has 0 unspecified atom stereocenters. The first kappa shape index (κ1) is 15.3. The molecule has 0 aliphatic carbocycles. The van der Waals surface area contributed by atoms with Crippen molar-refractivity contribution in [1.82, 2.24) is 0 Å². The van der Waals surface area contributed by atoms with Gasteiger partial charge in [0.05, 0.1) is 17.2 Å². The fraction of sp³-hybridized carbons (Fsp3) is 0.200. The van der Waals surface area contributed by atoms with Crippen LogP contribution in [0.5, 0.6) is 11.5 Å². The fourth-order valence-electron chi connectivity index (χ4n) is 1.73. The maximum atomic E-state index is 6.12. The van der Waals surface area contributed by atoms with Crippen LogP contribution in [-0.4, -0.2) is 7.11 Å². The Bertz CT molecular complexity index is 600. The molecule has 0 aromatic heterocycles. The molecule has 0 amide bonds. The highest BCUT2D eigenvalue weighted by Gasteiger charge is 2.08. The highest BCUT2D eigenvalue weighted by atomic mass is 35.5. The lowest BCUT2D eigenvalue weighted by molar-refractivity contribution is 0.284. The van der Waals surface area contributed by atoms with Gasteiger partial charge in [-0.05, 0) is 23.8 Å². The molecule has 0 saturated heterocycles. The minimum absolute atomic E-state index is 0.315. The average molecular weight is 332 g/mol. The molecule has 106 valence electrons. The molecule has 0 fully saturated rings. The monoisotopic (exact) mass is 330 g/mol. The predicted molar refractivity (Wildman–Crippen MR) is 83.3 cm³/mol. The summed E-state index contributed by atoms with van der Waals surface area (Å²) in [5.74, 6) is 1.70. The molecule has 0 heterocycles. The van der Waals surface area contributed by atoms with E-state index >= 15 is 0 Å². The summed E-state index contributed by atoms with van der Waals surface area (Å²) in [5.41, 5.74) is 1.79. The number of hydrogen-bond acceptors (Lipinski definition) is 2. The van der Waals surface area contributed by atoms with Gasteiger partial charge in [-0.1, -0.05) is 41.4 Å². The van der Waals surface area contributed by atoms with E-state index in [4.69, 9.17) is 44.3 Å². The minimum atomic E-state index is 0.315. The van der Waals surface area contributed by atoms with Crippen molar-refractivity contribution >= 4 is 34.8 Å². The molecule has 2 aromatic rings. The second kappa shape index (κ2) is 7.07. The highest BCUT2D eigenvalue weighted by molar-refractivity contribution is 6.42. The van der Waals surface area contributed by atoms with E-state index in [0.29, 0.717) is 34.0 Å². The van der Waals surface area contributed by atoms with E-state index < -0.39 is 0 Å². The van der Waals surface area contributed by atoms with E-state index in [1.165, 1.54) is 0 Å². The zero-order valence-corrected chi connectivity index (χ0v) is 13.1. The van der Waals surface area contributed by atoms with Crippen LogP contribution in [0.3, 0.4) is 0 Å². The highest BCUT2D eigenvalue weighted by Crippen LogP contribution is 2.31. The van der Waals surface area contributed by atoms with E-state index in [1.54, 1.807) is 13.2 Å². The van der Waals surface area contributed by atoms with Crippen molar-refractivity contribution in [2.24, 2.45) is 0 Å². The van der Waals surface area contributed by atoms with Crippen LogP contribution in [0.4, 0.5) is 0 Å². The summed E-state index contributed by atoms with van der Waals surface area (Å²) in [4.78, 5) is 0. The first-order chi connectivity index (χ1) is 9.65. The van der Waals surface area contributed by atoms with Gasteiger partial charge in [-0.3, -0.25) is 0 Å². The molecule has 2 nitrogen and oxygen atoms in total. The van der Waals surface area contributed by atoms with Crippen molar-refractivity contribution in [3.05, 3.63) is 57.6 Å². The largest absolute Gasteiger partial charge is 0.493 e. The second-order valence-corrected chi connectivity index (χ2v) is 5.17. The molecule has 0 atom stereocenters. The topological polar surface area (TPSA) is 18.5 Å². The average Bonchev–Trinajstić information content (AvgIpc) is 2.48. The lowest BCUT2D eigenvalue weighted by Crippen LogP contribution is -1.99. The maximum Gasteiger partial charge on any atom is 0.161 e. The molecular formula is C15H13Cl3O2. The lowest BCUT2D eigenvalue weighted by Gasteiger charge is -2.12. The molecule has 20 heavy (non-hydrogen) atoms. The number of hydrogen-bond donors (Lipinski definition) is 0. The number of benzene rings is 2. The van der Waals surface area contributed by atoms with E-state index in [9.17, 15) is 0 Å². The Morgan fingerprint density at radius 2 is 1.85 bits per heavy atom. The van der Waals surface area contributed by atoms with Gasteiger partial charge in [-0.25, -0.2) is 0 Å². The normalized spacial score (nSPS) is 10.4. The van der Waals surface area contributed by atoms with Crippen molar-refractivity contribution in [2.75, 3.05) is 7.11 Å². The SMILES string of the molecule is COc1cc(CCl)ccc1OCc1cccc(Cl)c1Cl. The maximum absolute atomic E-state index is 6.12. The number of ether oxygens (including phenoxy) is 2. The molecule has 0 saturated carbocycles. The first-order valence-corrected chi connectivity index (χ1v) is 7.23. The van der Waals surface area contributed by atoms with Gasteiger partial charge < -0.3 is 9.47 Å². The molecule has 2 rings (SSSR count). The summed E-state index contributed by atoms with van der Waals surface area (Å²) in [6.45, 7) is 0.315. The van der Waals surface area contributed by atoms with Gasteiger partial charge in [0, 0.05) is 11.4 Å². The molecule has 0 bridgehead atoms. The smallest absolute Gasteiger partial charge is 0.161 e. The Labute approximate surface area is 133 Å². The van der Waals surface area contributed by atoms with E-state index in [2.05, 4.69) is 0 Å². The Hall–Kier alpha value is -1.09. The second-order valence-electron chi connectivity index (χ2n) is 4.12. The predicted octanol–water partition coefficient (Wildman–Crippen LogP) is 5.32. The van der Waals surface area contributed by atoms with Crippen LogP contribution < -0.4 is 9.47 Å². The van der Waals surface area contributed by atoms with Crippen molar-refractivity contribution in [1.29, 1.82) is 0 Å². The van der Waals surface area contributed by atoms with Gasteiger partial charge in [-0.15, -0.1) is 11.6 Å². The van der Waals surface area contributed by atoms with Crippen LogP contribution in [0.15, 0.2) is 36.4 Å². The van der Waals surface area contributed by atoms with Crippen LogP contribution in [-0.2, 0) is 12.5 Å². The molecule has 0 spiro atoms. The number of halogens is 3. The van der Waals surface area contributed by atoms with Crippen LogP contribution in [0.25, 0.3) is 0 Å². The standard InChI is InChI=1S/C15H13Cl3O2/c1-19-14-7-10(8-16)5-6-13(14)20-9-11-3-2-4-12(17)15(11)18/h2-7H,8-9H2,1H3. The van der Waals surface area contributed by atoms with Crippen LogP contribution in [0.2, 0.25) is 10.0 Å². The van der Waals surface area contributed by atoms with Crippen LogP contribution in [0.1, 0.15) is 11.1 Å². The van der Waals surface area contributed by atoms with Crippen LogP contribution in [0, 0.1) is 0 Å². The number of alkyl halides is 1. The van der Waals surface area contributed by atoms with E-state index in [0.717, 1.165) is 11.1 Å². The number of rotatable bonds is 5. The molecule has 0 aliphatic rings. The lowest BCUT2D eigenvalue weighted by atomic mass is 10.2. The zero-order valence-electron chi connectivity index (χ0n) is 10.8. The number of methoxy groups -OCH3 is 1. The Morgan fingerprint density at radius 3 is 2.55 bits per heavy atom. The first-order valence-electron chi connectivity index (χ1n) is 5.94. The zero-order chi connectivity index (χ0) is 14.5. The summed E-state index contributed by atoms with van der Waals surface area (Å²) in [5, 5.41) is 1.02. The van der Waals surface area contributed by atoms with Crippen molar-refractivity contribution < 1.29 is 9.47 Å². The van der Waals surface area contributed by atoms with Gasteiger partial charge in [0.1, 0.15) is 6.61 Å². The van der Waals surface area contributed by atoms with Gasteiger partial charge in [0.2, 0.25) is 0 Å². The van der Waals surface area contributed by atoms with Crippen molar-refractivity contribution in [2.45, 2.75) is 12.5 Å². The quantitative estimate of drug-likeness (QED) is 0.690. The third-order valence-corrected chi connectivity index (χ3v) is 3.96.